The number of unbranched alkanes of at least 4 members (excludes halogenated alkanes) is 1. The lowest BCUT2D eigenvalue weighted by atomic mass is 10.0. The fourth-order valence-electron chi connectivity index (χ4n) is 5.31. The quantitative estimate of drug-likeness (QED) is 0.291. The second-order valence-electron chi connectivity index (χ2n) is 10.2. The molecule has 13 nitrogen and oxygen atoms in total. The Morgan fingerprint density at radius 2 is 1.88 bits per heavy atom. The molecule has 1 aromatic carbocycles. The van der Waals surface area contributed by atoms with E-state index in [4.69, 9.17) is 9.84 Å². The summed E-state index contributed by atoms with van der Waals surface area (Å²) in [5, 5.41) is 15.8. The van der Waals surface area contributed by atoms with Gasteiger partial charge in [0.05, 0.1) is 29.0 Å². The third-order valence-electron chi connectivity index (χ3n) is 7.42. The monoisotopic (exact) mass is 558 g/mol. The average molecular weight is 559 g/mol. The first-order chi connectivity index (χ1) is 19.8. The van der Waals surface area contributed by atoms with Crippen LogP contribution < -0.4 is 10.1 Å². The highest BCUT2D eigenvalue weighted by Gasteiger charge is 2.44. The summed E-state index contributed by atoms with van der Waals surface area (Å²) < 4.78 is 7.51. The Hall–Kier alpha value is -4.91. The lowest BCUT2D eigenvalue weighted by Gasteiger charge is -2.27. The maximum Gasteiger partial charge on any atom is 0.337 e. The van der Waals surface area contributed by atoms with Crippen LogP contribution in [0, 0.1) is 0 Å². The number of aromatic nitrogens is 3. The molecule has 41 heavy (non-hydrogen) atoms. The van der Waals surface area contributed by atoms with Crippen LogP contribution in [0.1, 0.15) is 68.0 Å². The molecule has 3 aromatic rings. The number of benzene rings is 1. The number of hydrogen-bond acceptors (Lipinski definition) is 9. The zero-order valence-electron chi connectivity index (χ0n) is 21.9. The van der Waals surface area contributed by atoms with Crippen molar-refractivity contribution in [3.63, 3.8) is 0 Å². The van der Waals surface area contributed by atoms with E-state index in [1.807, 2.05) is 6.20 Å². The minimum Gasteiger partial charge on any atom is -0.494 e. The summed E-state index contributed by atoms with van der Waals surface area (Å²) >= 11 is 0. The van der Waals surface area contributed by atoms with Crippen LogP contribution in [0.25, 0.3) is 5.82 Å². The predicted octanol–water partition coefficient (Wildman–Crippen LogP) is 1.54. The van der Waals surface area contributed by atoms with Gasteiger partial charge in [-0.25, -0.2) is 14.5 Å². The first-order valence-electron chi connectivity index (χ1n) is 13.3. The number of pyridine rings is 1. The van der Waals surface area contributed by atoms with Crippen molar-refractivity contribution in [2.24, 2.45) is 0 Å². The number of piperidine rings is 1. The van der Waals surface area contributed by atoms with Crippen molar-refractivity contribution >= 4 is 29.6 Å². The SMILES string of the molecule is O=C1CCC(N2C(=O)c3ccc(OCCCCN4Cc5cn(-c6ccc(C(=O)O)cn6)nc5C4)cc3C2=O)C(=O)N1. The molecule has 2 aromatic heterocycles. The molecule has 4 amide bonds. The second kappa shape index (κ2) is 10.6. The van der Waals surface area contributed by atoms with Crippen LogP contribution in [0.3, 0.4) is 0 Å². The lowest BCUT2D eigenvalue weighted by Crippen LogP contribution is -2.54. The van der Waals surface area contributed by atoms with E-state index in [2.05, 4.69) is 20.3 Å². The molecular formula is C28H26N6O7. The van der Waals surface area contributed by atoms with Crippen LogP contribution in [0.2, 0.25) is 0 Å². The topological polar surface area (TPSA) is 164 Å². The third kappa shape index (κ3) is 5.07. The number of imide groups is 2. The van der Waals surface area contributed by atoms with E-state index in [0.29, 0.717) is 24.7 Å². The van der Waals surface area contributed by atoms with Crippen molar-refractivity contribution in [2.75, 3.05) is 13.2 Å². The predicted molar refractivity (Wildman–Crippen MR) is 140 cm³/mol. The van der Waals surface area contributed by atoms with Gasteiger partial charge in [0.1, 0.15) is 11.8 Å². The number of amides is 4. The van der Waals surface area contributed by atoms with E-state index in [0.717, 1.165) is 42.1 Å². The van der Waals surface area contributed by atoms with Crippen molar-refractivity contribution in [1.82, 2.24) is 29.9 Å². The van der Waals surface area contributed by atoms with Crippen molar-refractivity contribution in [3.8, 4) is 11.6 Å². The Bertz CT molecular complexity index is 1560. The van der Waals surface area contributed by atoms with Gasteiger partial charge in [0.25, 0.3) is 11.8 Å². The number of nitrogens with zero attached hydrogens (tertiary/aromatic N) is 5. The van der Waals surface area contributed by atoms with E-state index in [1.165, 1.54) is 24.4 Å². The number of carbonyl (C=O) groups excluding carboxylic acids is 4. The van der Waals surface area contributed by atoms with Crippen molar-refractivity contribution in [3.05, 3.63) is 70.7 Å². The molecule has 2 N–H and O–H groups in total. The van der Waals surface area contributed by atoms with Crippen molar-refractivity contribution in [1.29, 1.82) is 0 Å². The second-order valence-corrected chi connectivity index (χ2v) is 10.2. The Morgan fingerprint density at radius 3 is 2.61 bits per heavy atom. The normalized spacial score (nSPS) is 18.4. The van der Waals surface area contributed by atoms with Gasteiger partial charge in [-0.2, -0.15) is 5.10 Å². The van der Waals surface area contributed by atoms with E-state index in [-0.39, 0.29) is 29.5 Å². The van der Waals surface area contributed by atoms with Gasteiger partial charge in [-0.15, -0.1) is 0 Å². The molecule has 0 aliphatic carbocycles. The van der Waals surface area contributed by atoms with Gasteiger partial charge in [-0.05, 0) is 56.1 Å². The number of fused-ring (bicyclic) bond motifs is 2. The fourth-order valence-corrected chi connectivity index (χ4v) is 5.31. The highest BCUT2D eigenvalue weighted by atomic mass is 16.5. The average Bonchev–Trinajstić information content (AvgIpc) is 3.59. The van der Waals surface area contributed by atoms with Gasteiger partial charge < -0.3 is 9.84 Å². The van der Waals surface area contributed by atoms with Gasteiger partial charge >= 0.3 is 5.97 Å². The van der Waals surface area contributed by atoms with Gasteiger partial charge in [-0.3, -0.25) is 34.3 Å². The Balaban J connectivity index is 0.967. The number of rotatable bonds is 9. The van der Waals surface area contributed by atoms with Crippen LogP contribution in [-0.4, -0.2) is 78.5 Å². The van der Waals surface area contributed by atoms with Gasteiger partial charge in [0, 0.05) is 37.5 Å². The molecule has 1 unspecified atom stereocenters. The molecule has 1 fully saturated rings. The molecule has 3 aliphatic heterocycles. The summed E-state index contributed by atoms with van der Waals surface area (Å²) in [4.78, 5) is 67.9. The maximum absolute atomic E-state index is 13.0. The molecule has 5 heterocycles. The zero-order chi connectivity index (χ0) is 28.7. The lowest BCUT2D eigenvalue weighted by molar-refractivity contribution is -0.136. The smallest absolute Gasteiger partial charge is 0.337 e. The van der Waals surface area contributed by atoms with E-state index < -0.39 is 35.6 Å². The van der Waals surface area contributed by atoms with Crippen molar-refractivity contribution in [2.45, 2.75) is 44.8 Å². The molecule has 3 aliphatic rings. The molecule has 1 atom stereocenters. The standard InChI is InChI=1S/C28H26N6O7/c35-24-8-6-22(25(36)30-24)34-26(37)19-5-4-18(11-20(19)27(34)38)41-10-2-1-9-32-13-17-14-33(31-21(17)15-32)23-7-3-16(12-29-23)28(39)40/h3-5,7,11-12,14,22H,1-2,6,8-10,13,15H2,(H,39,40)(H,30,35,36). The summed E-state index contributed by atoms with van der Waals surface area (Å²) in [6, 6.07) is 6.84. The summed E-state index contributed by atoms with van der Waals surface area (Å²) in [5.41, 5.74) is 2.61. The highest BCUT2D eigenvalue weighted by Crippen LogP contribution is 2.30. The van der Waals surface area contributed by atoms with Gasteiger partial charge in [-0.1, -0.05) is 0 Å². The fraction of sp³-hybridized carbons (Fsp3) is 0.321. The number of ether oxygens (including phenoxy) is 1. The van der Waals surface area contributed by atoms with E-state index in [1.54, 1.807) is 16.8 Å². The molecular weight excluding hydrogens is 532 g/mol. The summed E-state index contributed by atoms with van der Waals surface area (Å²) in [6.07, 6.45) is 5.08. The Morgan fingerprint density at radius 1 is 1.05 bits per heavy atom. The molecule has 0 spiro atoms. The van der Waals surface area contributed by atoms with E-state index >= 15 is 0 Å². The summed E-state index contributed by atoms with van der Waals surface area (Å²) in [5.74, 6) is -2.15. The van der Waals surface area contributed by atoms with Crippen LogP contribution in [0.5, 0.6) is 5.75 Å². The molecule has 1 saturated heterocycles. The Labute approximate surface area is 233 Å². The van der Waals surface area contributed by atoms with Crippen LogP contribution in [0.4, 0.5) is 0 Å². The van der Waals surface area contributed by atoms with Gasteiger partial charge in [0.2, 0.25) is 11.8 Å². The summed E-state index contributed by atoms with van der Waals surface area (Å²) in [6.45, 7) is 2.75. The Kier molecular flexibility index (Phi) is 6.79. The first-order valence-corrected chi connectivity index (χ1v) is 13.3. The largest absolute Gasteiger partial charge is 0.494 e. The molecule has 0 saturated carbocycles. The van der Waals surface area contributed by atoms with Crippen LogP contribution in [-0.2, 0) is 22.7 Å². The highest BCUT2D eigenvalue weighted by molar-refractivity contribution is 6.23. The molecule has 6 rings (SSSR count). The maximum atomic E-state index is 13.0. The van der Waals surface area contributed by atoms with Crippen LogP contribution in [0.15, 0.2) is 42.7 Å². The number of hydrogen-bond donors (Lipinski definition) is 2. The summed E-state index contributed by atoms with van der Waals surface area (Å²) in [7, 11) is 0. The zero-order valence-corrected chi connectivity index (χ0v) is 21.9. The molecule has 0 radical (unpaired) electrons. The minimum absolute atomic E-state index is 0.0712. The van der Waals surface area contributed by atoms with E-state index in [9.17, 15) is 24.0 Å². The first kappa shape index (κ1) is 26.3. The number of nitrogens with one attached hydrogen (secondary N) is 1. The molecule has 0 bridgehead atoms. The van der Waals surface area contributed by atoms with Crippen LogP contribution >= 0.6 is 0 Å². The number of carbonyl (C=O) groups is 5. The minimum atomic E-state index is -1.02. The number of carboxylic acids is 1. The number of carboxylic acid groups (broad SMARTS) is 1. The van der Waals surface area contributed by atoms with Gasteiger partial charge in [0.15, 0.2) is 5.82 Å². The van der Waals surface area contributed by atoms with Crippen molar-refractivity contribution < 1.29 is 33.8 Å². The third-order valence-corrected chi connectivity index (χ3v) is 7.42. The number of aromatic carboxylic acids is 1. The molecule has 210 valence electrons. The molecule has 13 heteroatoms.